The molecule has 33 heavy (non-hydrogen) atoms. The summed E-state index contributed by atoms with van der Waals surface area (Å²) in [5.74, 6) is -0.999. The lowest BCUT2D eigenvalue weighted by Gasteiger charge is -2.21. The fourth-order valence-electron chi connectivity index (χ4n) is 3.73. The Bertz CT molecular complexity index is 834. The molecule has 0 saturated carbocycles. The molecule has 1 aromatic heterocycles. The fourth-order valence-corrected chi connectivity index (χ4v) is 4.93. The zero-order valence-electron chi connectivity index (χ0n) is 20.2. The Balaban J connectivity index is 2.00. The lowest BCUT2D eigenvalue weighted by Crippen LogP contribution is -2.32. The van der Waals surface area contributed by atoms with Crippen LogP contribution in [0.15, 0.2) is 36.4 Å². The van der Waals surface area contributed by atoms with Gasteiger partial charge in [-0.15, -0.1) is 11.3 Å². The van der Waals surface area contributed by atoms with Crippen molar-refractivity contribution in [2.75, 3.05) is 11.4 Å². The summed E-state index contributed by atoms with van der Waals surface area (Å²) in [4.78, 5) is 27.4. The van der Waals surface area contributed by atoms with Crippen LogP contribution >= 0.6 is 11.3 Å². The number of unbranched alkanes of at least 4 members (excludes halogenated alkanes) is 8. The molecule has 0 atom stereocenters. The van der Waals surface area contributed by atoms with Gasteiger partial charge in [-0.25, -0.2) is 9.59 Å². The van der Waals surface area contributed by atoms with Crippen LogP contribution in [0.3, 0.4) is 0 Å². The van der Waals surface area contributed by atoms with Crippen LogP contribution in [0.1, 0.15) is 98.9 Å². The first-order chi connectivity index (χ1) is 16.1. The van der Waals surface area contributed by atoms with Crippen LogP contribution in [-0.4, -0.2) is 23.7 Å². The van der Waals surface area contributed by atoms with Crippen molar-refractivity contribution in [3.63, 3.8) is 0 Å². The average Bonchev–Trinajstić information content (AvgIpc) is 3.24. The lowest BCUT2D eigenvalue weighted by molar-refractivity contribution is 0.0698. The molecule has 2 rings (SSSR count). The Kier molecular flexibility index (Phi) is 12.6. The van der Waals surface area contributed by atoms with Gasteiger partial charge in [0.05, 0.1) is 5.56 Å². The standard InChI is InChI=1S/C27H39NO4S/c1-3-5-7-8-9-10-11-15-18-23-20-24(26(29)30)25(33-23)28(19-6-4-2)27(31)32-21-22-16-13-12-14-17-22/h12-14,16-17,20H,3-11,15,18-19,21H2,1-2H3,(H,29,30). The van der Waals surface area contributed by atoms with E-state index in [1.807, 2.05) is 37.3 Å². The molecule has 0 unspecified atom stereocenters. The second-order valence-corrected chi connectivity index (χ2v) is 9.62. The van der Waals surface area contributed by atoms with E-state index in [1.54, 1.807) is 6.07 Å². The number of carboxylic acids is 1. The maximum atomic E-state index is 12.9. The molecule has 1 N–H and O–H groups in total. The molecule has 182 valence electrons. The highest BCUT2D eigenvalue weighted by molar-refractivity contribution is 7.16. The molecule has 1 amide bonds. The van der Waals surface area contributed by atoms with Crippen molar-refractivity contribution in [1.29, 1.82) is 0 Å². The van der Waals surface area contributed by atoms with E-state index in [9.17, 15) is 14.7 Å². The SMILES string of the molecule is CCCCCCCCCCc1cc(C(=O)O)c(N(CCCC)C(=O)OCc2ccccc2)s1. The third kappa shape index (κ3) is 9.58. The molecule has 0 spiro atoms. The number of hydrogen-bond acceptors (Lipinski definition) is 4. The topological polar surface area (TPSA) is 66.8 Å². The Morgan fingerprint density at radius 2 is 1.55 bits per heavy atom. The summed E-state index contributed by atoms with van der Waals surface area (Å²) in [5, 5.41) is 10.3. The van der Waals surface area contributed by atoms with Crippen molar-refractivity contribution in [2.45, 2.75) is 91.1 Å². The minimum absolute atomic E-state index is 0.168. The highest BCUT2D eigenvalue weighted by Crippen LogP contribution is 2.34. The molecule has 0 saturated heterocycles. The summed E-state index contributed by atoms with van der Waals surface area (Å²) in [7, 11) is 0. The fraction of sp³-hybridized carbons (Fsp3) is 0.556. The van der Waals surface area contributed by atoms with Crippen LogP contribution < -0.4 is 4.90 Å². The number of rotatable bonds is 16. The molecular formula is C27H39NO4S. The second kappa shape index (κ2) is 15.5. The van der Waals surface area contributed by atoms with Gasteiger partial charge in [-0.2, -0.15) is 0 Å². The number of benzene rings is 1. The normalized spacial score (nSPS) is 10.8. The minimum atomic E-state index is -0.999. The van der Waals surface area contributed by atoms with Crippen LogP contribution in [0.25, 0.3) is 0 Å². The van der Waals surface area contributed by atoms with E-state index in [1.165, 1.54) is 54.8 Å². The average molecular weight is 474 g/mol. The van der Waals surface area contributed by atoms with Crippen molar-refractivity contribution < 1.29 is 19.4 Å². The molecule has 6 heteroatoms. The van der Waals surface area contributed by atoms with E-state index < -0.39 is 12.1 Å². The first-order valence-corrected chi connectivity index (χ1v) is 13.2. The summed E-state index contributed by atoms with van der Waals surface area (Å²) in [6.45, 7) is 4.89. The third-order valence-corrected chi connectivity index (χ3v) is 6.89. The number of amides is 1. The predicted molar refractivity (Wildman–Crippen MR) is 136 cm³/mol. The number of aryl methyl sites for hydroxylation is 1. The number of carbonyl (C=O) groups is 2. The first-order valence-electron chi connectivity index (χ1n) is 12.4. The molecule has 0 bridgehead atoms. The van der Waals surface area contributed by atoms with Crippen molar-refractivity contribution in [3.05, 3.63) is 52.4 Å². The molecule has 1 heterocycles. The Morgan fingerprint density at radius 1 is 0.909 bits per heavy atom. The van der Waals surface area contributed by atoms with Crippen molar-refractivity contribution >= 4 is 28.4 Å². The van der Waals surface area contributed by atoms with Crippen molar-refractivity contribution in [1.82, 2.24) is 0 Å². The van der Waals surface area contributed by atoms with Crippen LogP contribution in [-0.2, 0) is 17.8 Å². The smallest absolute Gasteiger partial charge is 0.415 e. The quantitative estimate of drug-likeness (QED) is 0.250. The molecule has 0 aliphatic rings. The zero-order chi connectivity index (χ0) is 23.9. The first kappa shape index (κ1) is 26.9. The van der Waals surface area contributed by atoms with Crippen LogP contribution in [0.2, 0.25) is 0 Å². The van der Waals surface area contributed by atoms with E-state index in [4.69, 9.17) is 4.74 Å². The summed E-state index contributed by atoms with van der Waals surface area (Å²) in [6.07, 6.45) is 11.9. The van der Waals surface area contributed by atoms with Gasteiger partial charge in [-0.3, -0.25) is 4.90 Å². The summed E-state index contributed by atoms with van der Waals surface area (Å²) in [6, 6.07) is 11.3. The number of anilines is 1. The number of carbonyl (C=O) groups excluding carboxylic acids is 1. The number of hydrogen-bond donors (Lipinski definition) is 1. The number of thiophene rings is 1. The zero-order valence-corrected chi connectivity index (χ0v) is 21.0. The van der Waals surface area contributed by atoms with Gasteiger partial charge in [0, 0.05) is 11.4 Å². The summed E-state index contributed by atoms with van der Waals surface area (Å²) < 4.78 is 5.54. The number of aromatic carboxylic acids is 1. The van der Waals surface area contributed by atoms with Gasteiger partial charge < -0.3 is 9.84 Å². The van der Waals surface area contributed by atoms with Gasteiger partial charge in [0.15, 0.2) is 0 Å². The molecule has 1 aromatic carbocycles. The van der Waals surface area contributed by atoms with Gasteiger partial charge in [-0.05, 0) is 30.9 Å². The third-order valence-electron chi connectivity index (χ3n) is 5.68. The van der Waals surface area contributed by atoms with Crippen LogP contribution in [0.5, 0.6) is 0 Å². The van der Waals surface area contributed by atoms with E-state index in [2.05, 4.69) is 6.92 Å². The summed E-state index contributed by atoms with van der Waals surface area (Å²) in [5.41, 5.74) is 1.10. The molecule has 0 radical (unpaired) electrons. The number of carboxylic acid groups (broad SMARTS) is 1. The molecule has 0 fully saturated rings. The van der Waals surface area contributed by atoms with Gasteiger partial charge in [0.25, 0.3) is 0 Å². The van der Waals surface area contributed by atoms with E-state index in [-0.39, 0.29) is 12.2 Å². The van der Waals surface area contributed by atoms with E-state index >= 15 is 0 Å². The molecular weight excluding hydrogens is 434 g/mol. The van der Waals surface area contributed by atoms with E-state index in [0.717, 1.165) is 42.5 Å². The van der Waals surface area contributed by atoms with Crippen LogP contribution in [0.4, 0.5) is 9.80 Å². The molecule has 2 aromatic rings. The summed E-state index contributed by atoms with van der Waals surface area (Å²) >= 11 is 1.42. The number of ether oxygens (including phenoxy) is 1. The highest BCUT2D eigenvalue weighted by atomic mass is 32.1. The van der Waals surface area contributed by atoms with E-state index in [0.29, 0.717) is 11.5 Å². The van der Waals surface area contributed by atoms with Crippen LogP contribution in [0, 0.1) is 0 Å². The Labute approximate surface area is 202 Å². The van der Waals surface area contributed by atoms with Crippen molar-refractivity contribution in [2.24, 2.45) is 0 Å². The Morgan fingerprint density at radius 3 is 2.18 bits per heavy atom. The largest absolute Gasteiger partial charge is 0.478 e. The maximum absolute atomic E-state index is 12.9. The lowest BCUT2D eigenvalue weighted by atomic mass is 10.1. The van der Waals surface area contributed by atoms with Gasteiger partial charge in [0.1, 0.15) is 11.6 Å². The second-order valence-electron chi connectivity index (χ2n) is 8.51. The monoisotopic (exact) mass is 473 g/mol. The van der Waals surface area contributed by atoms with Gasteiger partial charge in [0.2, 0.25) is 0 Å². The van der Waals surface area contributed by atoms with Gasteiger partial charge in [-0.1, -0.05) is 95.5 Å². The maximum Gasteiger partial charge on any atom is 0.415 e. The van der Waals surface area contributed by atoms with Gasteiger partial charge >= 0.3 is 12.1 Å². The number of nitrogens with zero attached hydrogens (tertiary/aromatic N) is 1. The predicted octanol–water partition coefficient (Wildman–Crippen LogP) is 8.07. The highest BCUT2D eigenvalue weighted by Gasteiger charge is 2.26. The Hall–Kier alpha value is -2.34. The molecule has 5 nitrogen and oxygen atoms in total. The van der Waals surface area contributed by atoms with Crippen molar-refractivity contribution in [3.8, 4) is 0 Å². The minimum Gasteiger partial charge on any atom is -0.478 e. The molecule has 0 aliphatic carbocycles. The molecule has 0 aliphatic heterocycles.